The highest BCUT2D eigenvalue weighted by Crippen LogP contribution is 2.12. The molecule has 0 aliphatic rings. The van der Waals surface area contributed by atoms with E-state index < -0.39 is 0 Å². The molecule has 0 atom stereocenters. The van der Waals surface area contributed by atoms with Crippen molar-refractivity contribution in [2.75, 3.05) is 5.32 Å². The summed E-state index contributed by atoms with van der Waals surface area (Å²) in [5.74, 6) is -0.0684. The summed E-state index contributed by atoms with van der Waals surface area (Å²) in [6.45, 7) is 6.11. The van der Waals surface area contributed by atoms with Crippen LogP contribution < -0.4 is 5.32 Å². The summed E-state index contributed by atoms with van der Waals surface area (Å²) in [5, 5.41) is 15.6. The average molecular weight is 406 g/mol. The number of halogens is 1. The van der Waals surface area contributed by atoms with Crippen LogP contribution in [0.1, 0.15) is 24.6 Å². The monoisotopic (exact) mass is 405 g/mol. The highest BCUT2D eigenvalue weighted by molar-refractivity contribution is 9.10. The third-order valence-electron chi connectivity index (χ3n) is 3.92. The van der Waals surface area contributed by atoms with Crippen molar-refractivity contribution in [2.24, 2.45) is 0 Å². The van der Waals surface area contributed by atoms with Gasteiger partial charge in [-0.3, -0.25) is 18.8 Å². The summed E-state index contributed by atoms with van der Waals surface area (Å²) < 4.78 is 6.37. The van der Waals surface area contributed by atoms with Crippen LogP contribution in [0, 0.1) is 6.92 Å². The molecule has 3 heterocycles. The standard InChI is InChI=1S/C16H20BrN7O/c1-3-24-12(2)13(6-20-24)9-23-11-15(8-19-23)21-16(25)4-5-22-10-14(17)7-18-22/h6-8,10-11H,3-5,9H2,1-2H3,(H,21,25). The molecule has 0 aromatic carbocycles. The van der Waals surface area contributed by atoms with E-state index in [9.17, 15) is 4.79 Å². The van der Waals surface area contributed by atoms with Crippen LogP contribution in [0.4, 0.5) is 5.69 Å². The molecule has 0 fully saturated rings. The molecule has 9 heteroatoms. The average Bonchev–Trinajstić information content (AvgIpc) is 3.28. The third-order valence-corrected chi connectivity index (χ3v) is 4.33. The summed E-state index contributed by atoms with van der Waals surface area (Å²) in [5.41, 5.74) is 2.94. The molecule has 132 valence electrons. The molecule has 25 heavy (non-hydrogen) atoms. The summed E-state index contributed by atoms with van der Waals surface area (Å²) in [6.07, 6.45) is 9.23. The molecule has 1 N–H and O–H groups in total. The fourth-order valence-electron chi connectivity index (χ4n) is 2.55. The van der Waals surface area contributed by atoms with E-state index >= 15 is 0 Å². The minimum atomic E-state index is -0.0684. The molecule has 0 aliphatic heterocycles. The Morgan fingerprint density at radius 3 is 2.64 bits per heavy atom. The number of amides is 1. The topological polar surface area (TPSA) is 82.6 Å². The normalized spacial score (nSPS) is 11.0. The zero-order valence-electron chi connectivity index (χ0n) is 14.2. The van der Waals surface area contributed by atoms with Gasteiger partial charge in [-0.25, -0.2) is 0 Å². The van der Waals surface area contributed by atoms with Crippen molar-refractivity contribution < 1.29 is 4.79 Å². The highest BCUT2D eigenvalue weighted by atomic mass is 79.9. The third kappa shape index (κ3) is 4.36. The van der Waals surface area contributed by atoms with Crippen LogP contribution in [0.2, 0.25) is 0 Å². The first-order valence-corrected chi connectivity index (χ1v) is 8.86. The zero-order valence-corrected chi connectivity index (χ0v) is 15.8. The number of carbonyl (C=O) groups is 1. The Morgan fingerprint density at radius 1 is 1.16 bits per heavy atom. The van der Waals surface area contributed by atoms with E-state index in [1.807, 2.05) is 30.2 Å². The molecule has 8 nitrogen and oxygen atoms in total. The molecular weight excluding hydrogens is 386 g/mol. The number of rotatable bonds is 7. The van der Waals surface area contributed by atoms with Gasteiger partial charge in [-0.15, -0.1) is 0 Å². The van der Waals surface area contributed by atoms with Gasteiger partial charge in [0.05, 0.1) is 35.3 Å². The van der Waals surface area contributed by atoms with Crippen molar-refractivity contribution in [1.82, 2.24) is 29.3 Å². The Bertz CT molecular complexity index is 864. The van der Waals surface area contributed by atoms with Gasteiger partial charge in [0.15, 0.2) is 0 Å². The lowest BCUT2D eigenvalue weighted by molar-refractivity contribution is -0.116. The van der Waals surface area contributed by atoms with Crippen LogP contribution in [0.3, 0.4) is 0 Å². The molecule has 3 aromatic rings. The van der Waals surface area contributed by atoms with Crippen molar-refractivity contribution in [2.45, 2.75) is 39.9 Å². The smallest absolute Gasteiger partial charge is 0.226 e. The van der Waals surface area contributed by atoms with Gasteiger partial charge in [0, 0.05) is 43.2 Å². The van der Waals surface area contributed by atoms with Crippen LogP contribution in [0.5, 0.6) is 0 Å². The number of carbonyl (C=O) groups excluding carboxylic acids is 1. The second-order valence-electron chi connectivity index (χ2n) is 5.72. The fraction of sp³-hybridized carbons (Fsp3) is 0.375. The lowest BCUT2D eigenvalue weighted by Crippen LogP contribution is -2.14. The number of nitrogens with zero attached hydrogens (tertiary/aromatic N) is 6. The van der Waals surface area contributed by atoms with Crippen LogP contribution in [0.25, 0.3) is 0 Å². The molecule has 3 rings (SSSR count). The Kier molecular flexibility index (Phi) is 5.32. The van der Waals surface area contributed by atoms with Crippen LogP contribution in [0.15, 0.2) is 35.5 Å². The van der Waals surface area contributed by atoms with E-state index in [1.54, 1.807) is 21.8 Å². The Hall–Kier alpha value is -2.42. The molecule has 0 spiro atoms. The van der Waals surface area contributed by atoms with E-state index in [0.717, 1.165) is 22.3 Å². The number of anilines is 1. The predicted molar refractivity (Wildman–Crippen MR) is 97.1 cm³/mol. The number of hydrogen-bond acceptors (Lipinski definition) is 4. The molecule has 0 aliphatic carbocycles. The minimum absolute atomic E-state index is 0.0684. The van der Waals surface area contributed by atoms with Gasteiger partial charge in [-0.2, -0.15) is 15.3 Å². The van der Waals surface area contributed by atoms with Crippen molar-refractivity contribution in [3.8, 4) is 0 Å². The lowest BCUT2D eigenvalue weighted by Gasteiger charge is -2.04. The highest BCUT2D eigenvalue weighted by Gasteiger charge is 2.09. The fourth-order valence-corrected chi connectivity index (χ4v) is 2.88. The number of nitrogens with one attached hydrogen (secondary N) is 1. The van der Waals surface area contributed by atoms with Crippen molar-refractivity contribution in [3.63, 3.8) is 0 Å². The molecule has 0 radical (unpaired) electrons. The zero-order chi connectivity index (χ0) is 17.8. The maximum absolute atomic E-state index is 12.0. The van der Waals surface area contributed by atoms with Gasteiger partial charge in [0.25, 0.3) is 0 Å². The van der Waals surface area contributed by atoms with Crippen molar-refractivity contribution in [1.29, 1.82) is 0 Å². The minimum Gasteiger partial charge on any atom is -0.323 e. The van der Waals surface area contributed by atoms with Gasteiger partial charge in [-0.1, -0.05) is 0 Å². The maximum atomic E-state index is 12.0. The quantitative estimate of drug-likeness (QED) is 0.654. The van der Waals surface area contributed by atoms with Crippen LogP contribution >= 0.6 is 15.9 Å². The van der Waals surface area contributed by atoms with Gasteiger partial charge >= 0.3 is 0 Å². The predicted octanol–water partition coefficient (Wildman–Crippen LogP) is 2.44. The first-order chi connectivity index (χ1) is 12.0. The largest absolute Gasteiger partial charge is 0.323 e. The first kappa shape index (κ1) is 17.4. The van der Waals surface area contributed by atoms with Gasteiger partial charge in [0.1, 0.15) is 0 Å². The second-order valence-corrected chi connectivity index (χ2v) is 6.63. The van der Waals surface area contributed by atoms with Crippen molar-refractivity contribution >= 4 is 27.5 Å². The van der Waals surface area contributed by atoms with E-state index in [0.29, 0.717) is 25.2 Å². The summed E-state index contributed by atoms with van der Waals surface area (Å²) in [4.78, 5) is 12.0. The van der Waals surface area contributed by atoms with E-state index in [1.165, 1.54) is 0 Å². The van der Waals surface area contributed by atoms with Gasteiger partial charge in [-0.05, 0) is 29.8 Å². The molecular formula is C16H20BrN7O. The van der Waals surface area contributed by atoms with E-state index in [2.05, 4.69) is 43.5 Å². The summed E-state index contributed by atoms with van der Waals surface area (Å²) in [7, 11) is 0. The SMILES string of the molecule is CCn1ncc(Cn2cc(NC(=O)CCn3cc(Br)cn3)cn2)c1C. The Balaban J connectivity index is 1.54. The number of aryl methyl sites for hydroxylation is 2. The molecule has 0 unspecified atom stereocenters. The van der Waals surface area contributed by atoms with E-state index in [4.69, 9.17) is 0 Å². The van der Waals surface area contributed by atoms with E-state index in [-0.39, 0.29) is 5.91 Å². The number of hydrogen-bond donors (Lipinski definition) is 1. The maximum Gasteiger partial charge on any atom is 0.226 e. The molecule has 0 saturated carbocycles. The molecule has 1 amide bonds. The Morgan fingerprint density at radius 2 is 1.96 bits per heavy atom. The lowest BCUT2D eigenvalue weighted by atomic mass is 10.2. The number of aromatic nitrogens is 6. The second kappa shape index (κ2) is 7.64. The van der Waals surface area contributed by atoms with Gasteiger partial charge in [0.2, 0.25) is 5.91 Å². The first-order valence-electron chi connectivity index (χ1n) is 8.06. The Labute approximate surface area is 154 Å². The van der Waals surface area contributed by atoms with Crippen LogP contribution in [-0.4, -0.2) is 35.2 Å². The van der Waals surface area contributed by atoms with Gasteiger partial charge < -0.3 is 5.32 Å². The van der Waals surface area contributed by atoms with Crippen LogP contribution in [-0.2, 0) is 24.4 Å². The molecule has 3 aromatic heterocycles. The molecule has 0 bridgehead atoms. The molecule has 0 saturated heterocycles. The summed E-state index contributed by atoms with van der Waals surface area (Å²) >= 11 is 3.33. The summed E-state index contributed by atoms with van der Waals surface area (Å²) in [6, 6.07) is 0. The van der Waals surface area contributed by atoms with Crippen molar-refractivity contribution in [3.05, 3.63) is 46.7 Å².